The lowest BCUT2D eigenvalue weighted by Gasteiger charge is -2.35. The quantitative estimate of drug-likeness (QED) is 0.788. The van der Waals surface area contributed by atoms with E-state index in [9.17, 15) is 4.79 Å². The molecule has 156 valence electrons. The highest BCUT2D eigenvalue weighted by Gasteiger charge is 2.35. The lowest BCUT2D eigenvalue weighted by atomic mass is 9.92. The zero-order valence-electron chi connectivity index (χ0n) is 16.6. The number of amides is 1. The molecule has 3 unspecified atom stereocenters. The first-order valence-electron chi connectivity index (χ1n) is 10.7. The summed E-state index contributed by atoms with van der Waals surface area (Å²) in [6, 6.07) is 10.8. The summed E-state index contributed by atoms with van der Waals surface area (Å²) in [5.41, 5.74) is 0.810. The van der Waals surface area contributed by atoms with E-state index in [2.05, 4.69) is 10.6 Å². The number of hydrogen-bond donors (Lipinski definition) is 2. The molecule has 3 atom stereocenters. The van der Waals surface area contributed by atoms with Gasteiger partial charge in [-0.15, -0.1) is 12.4 Å². The summed E-state index contributed by atoms with van der Waals surface area (Å²) in [4.78, 5) is 14.6. The Bertz CT molecular complexity index is 601. The average Bonchev–Trinajstić information content (AvgIpc) is 3.22. The number of nitrogens with zero attached hydrogens (tertiary/aromatic N) is 1. The minimum atomic E-state index is 0. The number of rotatable bonds is 5. The largest absolute Gasteiger partial charge is 0.379 e. The van der Waals surface area contributed by atoms with Gasteiger partial charge in [-0.1, -0.05) is 24.6 Å². The standard InChI is InChI=1S/C22H33N3O2.ClH/c26-22(18-5-2-1-3-6-18)25-12-9-17(10-13-25)15-24-20-8-4-7-19(20)21-16-27-14-11-23-21;/h1-3,5-6,17,19-21,23-24H,4,7-16H2;1H. The van der Waals surface area contributed by atoms with Gasteiger partial charge in [0.2, 0.25) is 0 Å². The molecule has 1 amide bonds. The van der Waals surface area contributed by atoms with Crippen molar-refractivity contribution < 1.29 is 9.53 Å². The predicted molar refractivity (Wildman–Crippen MR) is 114 cm³/mol. The van der Waals surface area contributed by atoms with Crippen LogP contribution in [0, 0.1) is 11.8 Å². The van der Waals surface area contributed by atoms with Crippen LogP contribution in [-0.2, 0) is 4.74 Å². The van der Waals surface area contributed by atoms with E-state index in [4.69, 9.17) is 4.74 Å². The molecule has 0 bridgehead atoms. The molecular weight excluding hydrogens is 374 g/mol. The van der Waals surface area contributed by atoms with Crippen LogP contribution in [0.2, 0.25) is 0 Å². The lowest BCUT2D eigenvalue weighted by molar-refractivity contribution is 0.0517. The van der Waals surface area contributed by atoms with E-state index >= 15 is 0 Å². The zero-order valence-corrected chi connectivity index (χ0v) is 17.5. The van der Waals surface area contributed by atoms with Gasteiger partial charge in [-0.2, -0.15) is 0 Å². The molecule has 1 aromatic rings. The number of likely N-dealkylation sites (tertiary alicyclic amines) is 1. The second-order valence-electron chi connectivity index (χ2n) is 8.35. The van der Waals surface area contributed by atoms with Gasteiger partial charge in [0.05, 0.1) is 13.2 Å². The van der Waals surface area contributed by atoms with Crippen LogP contribution in [0.5, 0.6) is 0 Å². The molecule has 2 heterocycles. The Kier molecular flexibility index (Phi) is 8.15. The number of benzene rings is 1. The maximum Gasteiger partial charge on any atom is 0.253 e. The van der Waals surface area contributed by atoms with Crippen molar-refractivity contribution in [1.29, 1.82) is 0 Å². The number of carbonyl (C=O) groups excluding carboxylic acids is 1. The van der Waals surface area contributed by atoms with Gasteiger partial charge < -0.3 is 20.3 Å². The Labute approximate surface area is 175 Å². The van der Waals surface area contributed by atoms with Gasteiger partial charge in [-0.05, 0) is 56.2 Å². The highest BCUT2D eigenvalue weighted by Crippen LogP contribution is 2.30. The Morgan fingerprint density at radius 2 is 1.93 bits per heavy atom. The number of halogens is 1. The number of nitrogens with one attached hydrogen (secondary N) is 2. The van der Waals surface area contributed by atoms with Gasteiger partial charge in [0.15, 0.2) is 0 Å². The number of carbonyl (C=O) groups is 1. The van der Waals surface area contributed by atoms with Crippen molar-refractivity contribution in [2.45, 2.75) is 44.2 Å². The fourth-order valence-corrected chi connectivity index (χ4v) is 5.01. The molecule has 6 heteroatoms. The van der Waals surface area contributed by atoms with Crippen molar-refractivity contribution in [2.24, 2.45) is 11.8 Å². The van der Waals surface area contributed by atoms with Crippen LogP contribution < -0.4 is 10.6 Å². The third-order valence-electron chi connectivity index (χ3n) is 6.63. The Morgan fingerprint density at radius 3 is 2.64 bits per heavy atom. The molecule has 1 aromatic carbocycles. The maximum absolute atomic E-state index is 12.6. The van der Waals surface area contributed by atoms with Crippen LogP contribution in [-0.4, -0.2) is 62.3 Å². The van der Waals surface area contributed by atoms with E-state index in [1.54, 1.807) is 0 Å². The fraction of sp³-hybridized carbons (Fsp3) is 0.682. The Balaban J connectivity index is 0.00000225. The van der Waals surface area contributed by atoms with Gasteiger partial charge in [0.1, 0.15) is 0 Å². The van der Waals surface area contributed by atoms with E-state index < -0.39 is 0 Å². The van der Waals surface area contributed by atoms with Gasteiger partial charge in [-0.3, -0.25) is 4.79 Å². The normalized spacial score (nSPS) is 28.7. The molecule has 0 radical (unpaired) electrons. The summed E-state index contributed by atoms with van der Waals surface area (Å²) in [5.74, 6) is 1.56. The Morgan fingerprint density at radius 1 is 1.14 bits per heavy atom. The average molecular weight is 408 g/mol. The first kappa shape index (κ1) is 21.6. The smallest absolute Gasteiger partial charge is 0.253 e. The summed E-state index contributed by atoms with van der Waals surface area (Å²) in [6.07, 6.45) is 6.13. The van der Waals surface area contributed by atoms with E-state index in [0.717, 1.165) is 57.8 Å². The number of hydrogen-bond acceptors (Lipinski definition) is 4. The summed E-state index contributed by atoms with van der Waals surface area (Å²) in [7, 11) is 0. The van der Waals surface area contributed by atoms with E-state index in [-0.39, 0.29) is 18.3 Å². The van der Waals surface area contributed by atoms with Crippen LogP contribution in [0.25, 0.3) is 0 Å². The second-order valence-corrected chi connectivity index (χ2v) is 8.35. The SMILES string of the molecule is Cl.O=C(c1ccccc1)N1CCC(CNC2CCCC2C2COCCN2)CC1. The van der Waals surface area contributed by atoms with Crippen LogP contribution in [0.3, 0.4) is 0 Å². The molecule has 3 fully saturated rings. The van der Waals surface area contributed by atoms with Crippen molar-refractivity contribution in [1.82, 2.24) is 15.5 Å². The molecule has 28 heavy (non-hydrogen) atoms. The van der Waals surface area contributed by atoms with Crippen molar-refractivity contribution in [3.05, 3.63) is 35.9 Å². The zero-order chi connectivity index (χ0) is 18.5. The lowest BCUT2D eigenvalue weighted by Crippen LogP contribution is -2.51. The minimum Gasteiger partial charge on any atom is -0.379 e. The molecule has 4 rings (SSSR count). The third kappa shape index (κ3) is 5.26. The second kappa shape index (κ2) is 10.6. The molecule has 3 aliphatic rings. The molecule has 1 saturated carbocycles. The van der Waals surface area contributed by atoms with Gasteiger partial charge in [0, 0.05) is 37.3 Å². The van der Waals surface area contributed by atoms with Crippen molar-refractivity contribution >= 4 is 18.3 Å². The first-order valence-corrected chi connectivity index (χ1v) is 10.7. The van der Waals surface area contributed by atoms with Crippen LogP contribution in [0.4, 0.5) is 0 Å². The number of ether oxygens (including phenoxy) is 1. The number of piperidine rings is 1. The predicted octanol–water partition coefficient (Wildman–Crippen LogP) is 2.71. The van der Waals surface area contributed by atoms with Crippen molar-refractivity contribution in [3.63, 3.8) is 0 Å². The van der Waals surface area contributed by atoms with Crippen LogP contribution >= 0.6 is 12.4 Å². The molecular formula is C22H34ClN3O2. The minimum absolute atomic E-state index is 0. The topological polar surface area (TPSA) is 53.6 Å². The van der Waals surface area contributed by atoms with Crippen molar-refractivity contribution in [3.8, 4) is 0 Å². The van der Waals surface area contributed by atoms with Crippen molar-refractivity contribution in [2.75, 3.05) is 39.4 Å². The number of morpholine rings is 1. The highest BCUT2D eigenvalue weighted by molar-refractivity contribution is 5.94. The van der Waals surface area contributed by atoms with Gasteiger partial charge in [0.25, 0.3) is 5.91 Å². The molecule has 0 spiro atoms. The fourth-order valence-electron chi connectivity index (χ4n) is 5.01. The summed E-state index contributed by atoms with van der Waals surface area (Å²) in [5, 5.41) is 7.53. The van der Waals surface area contributed by atoms with Gasteiger partial charge in [-0.25, -0.2) is 0 Å². The Hall–Kier alpha value is -1.14. The summed E-state index contributed by atoms with van der Waals surface area (Å²) < 4.78 is 5.68. The van der Waals surface area contributed by atoms with Crippen LogP contribution in [0.1, 0.15) is 42.5 Å². The maximum atomic E-state index is 12.6. The van der Waals surface area contributed by atoms with Crippen LogP contribution in [0.15, 0.2) is 30.3 Å². The molecule has 2 N–H and O–H groups in total. The highest BCUT2D eigenvalue weighted by atomic mass is 35.5. The third-order valence-corrected chi connectivity index (χ3v) is 6.63. The summed E-state index contributed by atoms with van der Waals surface area (Å²) >= 11 is 0. The van der Waals surface area contributed by atoms with E-state index in [1.807, 2.05) is 35.2 Å². The monoisotopic (exact) mass is 407 g/mol. The van der Waals surface area contributed by atoms with Gasteiger partial charge >= 0.3 is 0 Å². The van der Waals surface area contributed by atoms with E-state index in [0.29, 0.717) is 23.9 Å². The molecule has 5 nitrogen and oxygen atoms in total. The molecule has 2 saturated heterocycles. The first-order chi connectivity index (χ1) is 13.3. The molecule has 1 aliphatic carbocycles. The van der Waals surface area contributed by atoms with E-state index in [1.165, 1.54) is 19.3 Å². The molecule has 0 aromatic heterocycles. The molecule has 2 aliphatic heterocycles. The summed E-state index contributed by atoms with van der Waals surface area (Å²) in [6.45, 7) is 5.55.